The Morgan fingerprint density at radius 2 is 2.13 bits per heavy atom. The molecular weight excluding hydrogens is 210 g/mol. The molecule has 0 spiro atoms. The Balaban J connectivity index is 2.65. The third kappa shape index (κ3) is 3.65. The van der Waals surface area contributed by atoms with Crippen molar-refractivity contribution in [3.63, 3.8) is 0 Å². The van der Waals surface area contributed by atoms with Gasteiger partial charge in [-0.25, -0.2) is 0 Å². The first kappa shape index (κ1) is 12.2. The van der Waals surface area contributed by atoms with Crippen LogP contribution in [0, 0.1) is 0 Å². The Hall–Kier alpha value is -0.860. The first-order chi connectivity index (χ1) is 7.15. The van der Waals surface area contributed by atoms with Gasteiger partial charge in [-0.2, -0.15) is 0 Å². The van der Waals surface area contributed by atoms with E-state index < -0.39 is 0 Å². The van der Waals surface area contributed by atoms with Crippen LogP contribution in [0.25, 0.3) is 0 Å². The molecule has 1 aromatic rings. The smallest absolute Gasteiger partial charge is 0.165 e. The first-order valence-corrected chi connectivity index (χ1v) is 5.56. The maximum Gasteiger partial charge on any atom is 0.165 e. The SMILES string of the molecule is CCCC(N)CC(=O)c1ccccc1Cl. The van der Waals surface area contributed by atoms with E-state index in [2.05, 4.69) is 6.92 Å². The predicted octanol–water partition coefficient (Wildman–Crippen LogP) is 3.04. The number of halogens is 1. The second-order valence-corrected chi connectivity index (χ2v) is 4.06. The number of carbonyl (C=O) groups excluding carboxylic acids is 1. The van der Waals surface area contributed by atoms with Crippen molar-refractivity contribution in [2.45, 2.75) is 32.2 Å². The third-order valence-corrected chi connectivity index (χ3v) is 2.61. The standard InChI is InChI=1S/C12H16ClNO/c1-2-5-9(14)8-12(15)10-6-3-4-7-11(10)13/h3-4,6-7,9H,2,5,8,14H2,1H3. The van der Waals surface area contributed by atoms with Crippen LogP contribution in [-0.2, 0) is 0 Å². The van der Waals surface area contributed by atoms with Gasteiger partial charge in [0.2, 0.25) is 0 Å². The molecule has 2 N–H and O–H groups in total. The lowest BCUT2D eigenvalue weighted by atomic mass is 10.0. The first-order valence-electron chi connectivity index (χ1n) is 5.18. The van der Waals surface area contributed by atoms with Crippen LogP contribution >= 0.6 is 11.6 Å². The van der Waals surface area contributed by atoms with Gasteiger partial charge in [-0.1, -0.05) is 37.1 Å². The zero-order valence-electron chi connectivity index (χ0n) is 8.87. The number of Topliss-reactive ketones (excluding diaryl/α,β-unsaturated/α-hetero) is 1. The van der Waals surface area contributed by atoms with Crippen molar-refractivity contribution in [2.24, 2.45) is 5.73 Å². The summed E-state index contributed by atoms with van der Waals surface area (Å²) in [5, 5.41) is 0.506. The van der Waals surface area contributed by atoms with E-state index in [9.17, 15) is 4.79 Å². The molecule has 1 rings (SSSR count). The molecule has 0 aliphatic carbocycles. The molecule has 1 unspecified atom stereocenters. The van der Waals surface area contributed by atoms with Crippen molar-refractivity contribution in [2.75, 3.05) is 0 Å². The Morgan fingerprint density at radius 3 is 2.73 bits per heavy atom. The van der Waals surface area contributed by atoms with E-state index in [0.717, 1.165) is 12.8 Å². The average molecular weight is 226 g/mol. The summed E-state index contributed by atoms with van der Waals surface area (Å²) in [6.45, 7) is 2.06. The van der Waals surface area contributed by atoms with Crippen molar-refractivity contribution in [1.29, 1.82) is 0 Å². The molecule has 82 valence electrons. The van der Waals surface area contributed by atoms with E-state index in [4.69, 9.17) is 17.3 Å². The molecule has 0 bridgehead atoms. The van der Waals surface area contributed by atoms with Gasteiger partial charge in [0, 0.05) is 18.0 Å². The van der Waals surface area contributed by atoms with Gasteiger partial charge in [-0.05, 0) is 18.6 Å². The van der Waals surface area contributed by atoms with Crippen LogP contribution in [0.1, 0.15) is 36.5 Å². The summed E-state index contributed by atoms with van der Waals surface area (Å²) in [5.41, 5.74) is 6.38. The number of hydrogen-bond donors (Lipinski definition) is 1. The predicted molar refractivity (Wildman–Crippen MR) is 63.3 cm³/mol. The highest BCUT2D eigenvalue weighted by atomic mass is 35.5. The van der Waals surface area contributed by atoms with E-state index in [0.29, 0.717) is 17.0 Å². The number of benzene rings is 1. The Kier molecular flexibility index (Phi) is 4.79. The summed E-state index contributed by atoms with van der Waals surface area (Å²) in [7, 11) is 0. The largest absolute Gasteiger partial charge is 0.327 e. The quantitative estimate of drug-likeness (QED) is 0.783. The van der Waals surface area contributed by atoms with Gasteiger partial charge in [0.05, 0.1) is 5.02 Å². The summed E-state index contributed by atoms with van der Waals surface area (Å²) in [5.74, 6) is 0.0292. The minimum Gasteiger partial charge on any atom is -0.327 e. The van der Waals surface area contributed by atoms with Crippen LogP contribution in [0.2, 0.25) is 5.02 Å². The van der Waals surface area contributed by atoms with E-state index in [1.807, 2.05) is 12.1 Å². The van der Waals surface area contributed by atoms with Gasteiger partial charge in [0.25, 0.3) is 0 Å². The normalized spacial score (nSPS) is 12.5. The van der Waals surface area contributed by atoms with Gasteiger partial charge in [0.1, 0.15) is 0 Å². The second kappa shape index (κ2) is 5.89. The lowest BCUT2D eigenvalue weighted by molar-refractivity contribution is 0.0973. The summed E-state index contributed by atoms with van der Waals surface area (Å²) in [6.07, 6.45) is 2.24. The number of ketones is 1. The molecule has 3 heteroatoms. The molecule has 0 aliphatic rings. The second-order valence-electron chi connectivity index (χ2n) is 3.66. The molecule has 0 amide bonds. The van der Waals surface area contributed by atoms with E-state index in [-0.39, 0.29) is 11.8 Å². The maximum atomic E-state index is 11.8. The van der Waals surface area contributed by atoms with Gasteiger partial charge >= 0.3 is 0 Å². The minimum atomic E-state index is -0.0567. The lowest BCUT2D eigenvalue weighted by Crippen LogP contribution is -2.23. The fraction of sp³-hybridized carbons (Fsp3) is 0.417. The third-order valence-electron chi connectivity index (χ3n) is 2.28. The highest BCUT2D eigenvalue weighted by Crippen LogP contribution is 2.17. The molecule has 0 saturated carbocycles. The lowest BCUT2D eigenvalue weighted by Gasteiger charge is -2.09. The van der Waals surface area contributed by atoms with Crippen molar-refractivity contribution >= 4 is 17.4 Å². The molecular formula is C12H16ClNO. The molecule has 0 aromatic heterocycles. The number of carbonyl (C=O) groups is 1. The molecule has 0 heterocycles. The molecule has 0 aliphatic heterocycles. The summed E-state index contributed by atoms with van der Waals surface area (Å²) in [6, 6.07) is 7.03. The fourth-order valence-electron chi connectivity index (χ4n) is 1.51. The van der Waals surface area contributed by atoms with Gasteiger partial charge in [0.15, 0.2) is 5.78 Å². The van der Waals surface area contributed by atoms with E-state index in [1.165, 1.54) is 0 Å². The Bertz CT molecular complexity index is 338. The molecule has 2 nitrogen and oxygen atoms in total. The highest BCUT2D eigenvalue weighted by Gasteiger charge is 2.13. The molecule has 0 saturated heterocycles. The molecule has 0 fully saturated rings. The van der Waals surface area contributed by atoms with Crippen LogP contribution in [0.15, 0.2) is 24.3 Å². The van der Waals surface area contributed by atoms with Crippen molar-refractivity contribution < 1.29 is 4.79 Å². The fourth-order valence-corrected chi connectivity index (χ4v) is 1.75. The van der Waals surface area contributed by atoms with Crippen LogP contribution in [0.4, 0.5) is 0 Å². The topological polar surface area (TPSA) is 43.1 Å². The number of hydrogen-bond acceptors (Lipinski definition) is 2. The highest BCUT2D eigenvalue weighted by molar-refractivity contribution is 6.33. The Morgan fingerprint density at radius 1 is 1.47 bits per heavy atom. The average Bonchev–Trinajstić information content (AvgIpc) is 2.18. The van der Waals surface area contributed by atoms with Crippen LogP contribution in [0.5, 0.6) is 0 Å². The van der Waals surface area contributed by atoms with Gasteiger partial charge in [-0.15, -0.1) is 0 Å². The van der Waals surface area contributed by atoms with Crippen molar-refractivity contribution in [3.05, 3.63) is 34.9 Å². The zero-order valence-corrected chi connectivity index (χ0v) is 9.63. The van der Waals surface area contributed by atoms with E-state index >= 15 is 0 Å². The molecule has 1 atom stereocenters. The van der Waals surface area contributed by atoms with Crippen molar-refractivity contribution in [1.82, 2.24) is 0 Å². The minimum absolute atomic E-state index is 0.0292. The number of rotatable bonds is 5. The maximum absolute atomic E-state index is 11.8. The van der Waals surface area contributed by atoms with Gasteiger partial charge in [-0.3, -0.25) is 4.79 Å². The molecule has 0 radical (unpaired) electrons. The van der Waals surface area contributed by atoms with Crippen LogP contribution in [0.3, 0.4) is 0 Å². The Labute approximate surface area is 95.4 Å². The van der Waals surface area contributed by atoms with E-state index in [1.54, 1.807) is 12.1 Å². The van der Waals surface area contributed by atoms with Gasteiger partial charge < -0.3 is 5.73 Å². The number of nitrogens with two attached hydrogens (primary N) is 1. The monoisotopic (exact) mass is 225 g/mol. The summed E-state index contributed by atoms with van der Waals surface area (Å²) in [4.78, 5) is 11.8. The van der Waals surface area contributed by atoms with Crippen LogP contribution < -0.4 is 5.73 Å². The summed E-state index contributed by atoms with van der Waals surface area (Å²) >= 11 is 5.92. The van der Waals surface area contributed by atoms with Crippen molar-refractivity contribution in [3.8, 4) is 0 Å². The molecule has 1 aromatic carbocycles. The molecule has 15 heavy (non-hydrogen) atoms. The zero-order chi connectivity index (χ0) is 11.3. The van der Waals surface area contributed by atoms with Crippen LogP contribution in [-0.4, -0.2) is 11.8 Å². The summed E-state index contributed by atoms with van der Waals surface area (Å²) < 4.78 is 0.